The second kappa shape index (κ2) is 9.51. The topological polar surface area (TPSA) is 48.5 Å². The third-order valence-electron chi connectivity index (χ3n) is 5.14. The molecule has 144 valence electrons. The molecule has 0 unspecified atom stereocenters. The summed E-state index contributed by atoms with van der Waals surface area (Å²) in [5.41, 5.74) is 2.88. The number of amides is 1. The zero-order chi connectivity index (χ0) is 19.1. The highest BCUT2D eigenvalue weighted by Crippen LogP contribution is 2.23. The normalized spacial score (nSPS) is 15.1. The first-order chi connectivity index (χ1) is 13.1. The first-order valence-electron chi connectivity index (χ1n) is 9.79. The standard InChI is InChI=1S/C22H30N4O/c1-25(2)15-12-23-20-8-11-24-21(17-20)22(27)26-13-9-19(10-14-26)16-18-6-4-3-5-7-18/h3-8,11,17,19H,9-10,12-16H2,1-2H3,(H,23,24). The molecule has 5 heteroatoms. The Hall–Kier alpha value is -2.40. The first kappa shape index (κ1) is 19.4. The van der Waals surface area contributed by atoms with E-state index in [2.05, 4.69) is 45.5 Å². The molecule has 3 rings (SSSR count). The Bertz CT molecular complexity index is 724. The average molecular weight is 367 g/mol. The highest BCUT2D eigenvalue weighted by Gasteiger charge is 2.24. The molecule has 27 heavy (non-hydrogen) atoms. The van der Waals surface area contributed by atoms with Crippen molar-refractivity contribution < 1.29 is 4.79 Å². The van der Waals surface area contributed by atoms with Gasteiger partial charge >= 0.3 is 0 Å². The van der Waals surface area contributed by atoms with Crippen molar-refractivity contribution in [1.82, 2.24) is 14.8 Å². The van der Waals surface area contributed by atoms with E-state index in [0.29, 0.717) is 11.6 Å². The Morgan fingerprint density at radius 1 is 1.19 bits per heavy atom. The summed E-state index contributed by atoms with van der Waals surface area (Å²) < 4.78 is 0. The van der Waals surface area contributed by atoms with Crippen LogP contribution < -0.4 is 5.32 Å². The zero-order valence-corrected chi connectivity index (χ0v) is 16.4. The van der Waals surface area contributed by atoms with Crippen LogP contribution >= 0.6 is 0 Å². The van der Waals surface area contributed by atoms with Gasteiger partial charge in [-0.15, -0.1) is 0 Å². The van der Waals surface area contributed by atoms with Crippen molar-refractivity contribution in [1.29, 1.82) is 0 Å². The van der Waals surface area contributed by atoms with Crippen molar-refractivity contribution in [3.63, 3.8) is 0 Å². The molecular formula is C22H30N4O. The number of benzene rings is 1. The van der Waals surface area contributed by atoms with Crippen LogP contribution in [0.3, 0.4) is 0 Å². The highest BCUT2D eigenvalue weighted by molar-refractivity contribution is 5.93. The van der Waals surface area contributed by atoms with E-state index in [9.17, 15) is 4.79 Å². The fraction of sp³-hybridized carbons (Fsp3) is 0.455. The number of carbonyl (C=O) groups excluding carboxylic acids is 1. The van der Waals surface area contributed by atoms with E-state index in [1.807, 2.05) is 31.1 Å². The van der Waals surface area contributed by atoms with Crippen molar-refractivity contribution in [2.45, 2.75) is 19.3 Å². The van der Waals surface area contributed by atoms with Crippen LogP contribution in [0.5, 0.6) is 0 Å². The monoisotopic (exact) mass is 366 g/mol. The van der Waals surface area contributed by atoms with Gasteiger partial charge in [-0.1, -0.05) is 30.3 Å². The summed E-state index contributed by atoms with van der Waals surface area (Å²) in [5, 5.41) is 3.36. The molecule has 0 aliphatic carbocycles. The zero-order valence-electron chi connectivity index (χ0n) is 16.4. The van der Waals surface area contributed by atoms with E-state index in [1.165, 1.54) is 5.56 Å². The third kappa shape index (κ3) is 5.79. The number of nitrogens with one attached hydrogen (secondary N) is 1. The van der Waals surface area contributed by atoms with Crippen molar-refractivity contribution in [3.8, 4) is 0 Å². The largest absolute Gasteiger partial charge is 0.384 e. The van der Waals surface area contributed by atoms with Gasteiger partial charge < -0.3 is 15.1 Å². The van der Waals surface area contributed by atoms with Gasteiger partial charge in [0.25, 0.3) is 5.91 Å². The Labute approximate surface area is 162 Å². The maximum absolute atomic E-state index is 12.8. The van der Waals surface area contributed by atoms with Crippen LogP contribution in [0.15, 0.2) is 48.7 Å². The number of hydrogen-bond acceptors (Lipinski definition) is 4. The third-order valence-corrected chi connectivity index (χ3v) is 5.14. The van der Waals surface area contributed by atoms with E-state index in [1.54, 1.807) is 6.20 Å². The summed E-state index contributed by atoms with van der Waals surface area (Å²) in [5.74, 6) is 0.702. The Balaban J connectivity index is 1.51. The Kier molecular flexibility index (Phi) is 6.82. The highest BCUT2D eigenvalue weighted by atomic mass is 16.2. The summed E-state index contributed by atoms with van der Waals surface area (Å²) in [4.78, 5) is 21.2. The molecule has 1 fully saturated rings. The molecule has 1 saturated heterocycles. The lowest BCUT2D eigenvalue weighted by Crippen LogP contribution is -2.39. The number of pyridine rings is 1. The fourth-order valence-electron chi connectivity index (χ4n) is 3.53. The molecule has 2 heterocycles. The minimum absolute atomic E-state index is 0.0458. The Morgan fingerprint density at radius 3 is 2.63 bits per heavy atom. The molecule has 2 aromatic rings. The lowest BCUT2D eigenvalue weighted by molar-refractivity contribution is 0.0684. The number of likely N-dealkylation sites (N-methyl/N-ethyl adjacent to an activating group) is 1. The van der Waals surface area contributed by atoms with Gasteiger partial charge in [0.05, 0.1) is 0 Å². The second-order valence-electron chi connectivity index (χ2n) is 7.59. The van der Waals surface area contributed by atoms with Crippen molar-refractivity contribution in [2.75, 3.05) is 45.6 Å². The molecule has 1 aromatic carbocycles. The molecule has 1 amide bonds. The van der Waals surface area contributed by atoms with Crippen molar-refractivity contribution in [2.24, 2.45) is 5.92 Å². The lowest BCUT2D eigenvalue weighted by Gasteiger charge is -2.32. The molecule has 5 nitrogen and oxygen atoms in total. The molecule has 0 saturated carbocycles. The van der Waals surface area contributed by atoms with Gasteiger partial charge in [0.15, 0.2) is 0 Å². The molecule has 0 spiro atoms. The maximum Gasteiger partial charge on any atom is 0.272 e. The van der Waals surface area contributed by atoms with Gasteiger partial charge in [0, 0.05) is 38.1 Å². The van der Waals surface area contributed by atoms with E-state index in [0.717, 1.165) is 51.1 Å². The number of carbonyl (C=O) groups is 1. The van der Waals surface area contributed by atoms with Gasteiger partial charge in [0.2, 0.25) is 0 Å². The smallest absolute Gasteiger partial charge is 0.272 e. The fourth-order valence-corrected chi connectivity index (χ4v) is 3.53. The molecular weight excluding hydrogens is 336 g/mol. The predicted molar refractivity (Wildman–Crippen MR) is 110 cm³/mol. The van der Waals surface area contributed by atoms with Crippen molar-refractivity contribution in [3.05, 3.63) is 59.9 Å². The van der Waals surface area contributed by atoms with Gasteiger partial charge in [-0.05, 0) is 57.0 Å². The molecule has 1 aliphatic rings. The molecule has 0 radical (unpaired) electrons. The average Bonchev–Trinajstić information content (AvgIpc) is 2.69. The summed E-state index contributed by atoms with van der Waals surface area (Å²) in [6, 6.07) is 14.4. The quantitative estimate of drug-likeness (QED) is 0.818. The second-order valence-corrected chi connectivity index (χ2v) is 7.59. The van der Waals surface area contributed by atoms with Gasteiger partial charge in [-0.25, -0.2) is 0 Å². The number of nitrogens with zero attached hydrogens (tertiary/aromatic N) is 3. The van der Waals surface area contributed by atoms with Crippen LogP contribution in [0.1, 0.15) is 28.9 Å². The summed E-state index contributed by atoms with van der Waals surface area (Å²) in [6.07, 6.45) is 4.93. The van der Waals surface area contributed by atoms with Crippen molar-refractivity contribution >= 4 is 11.6 Å². The van der Waals surface area contributed by atoms with Crippen LogP contribution in [-0.2, 0) is 6.42 Å². The van der Waals surface area contributed by atoms with E-state index < -0.39 is 0 Å². The van der Waals surface area contributed by atoms with Crippen LogP contribution in [-0.4, -0.2) is 61.0 Å². The van der Waals surface area contributed by atoms with Crippen LogP contribution in [0.4, 0.5) is 5.69 Å². The predicted octanol–water partition coefficient (Wildman–Crippen LogP) is 3.15. The van der Waals surface area contributed by atoms with Gasteiger partial charge in [0.1, 0.15) is 5.69 Å². The molecule has 1 aromatic heterocycles. The number of rotatable bonds is 7. The van der Waals surface area contributed by atoms with Crippen LogP contribution in [0, 0.1) is 5.92 Å². The van der Waals surface area contributed by atoms with Gasteiger partial charge in [-0.3, -0.25) is 9.78 Å². The molecule has 1 aliphatic heterocycles. The Morgan fingerprint density at radius 2 is 1.93 bits per heavy atom. The SMILES string of the molecule is CN(C)CCNc1ccnc(C(=O)N2CCC(Cc3ccccc3)CC2)c1. The molecule has 1 N–H and O–H groups in total. The van der Waals surface area contributed by atoms with E-state index >= 15 is 0 Å². The van der Waals surface area contributed by atoms with Crippen LogP contribution in [0.25, 0.3) is 0 Å². The summed E-state index contributed by atoms with van der Waals surface area (Å²) in [7, 11) is 4.09. The number of piperidine rings is 1. The number of anilines is 1. The molecule has 0 atom stereocenters. The van der Waals surface area contributed by atoms with E-state index in [4.69, 9.17) is 0 Å². The van der Waals surface area contributed by atoms with Crippen LogP contribution in [0.2, 0.25) is 0 Å². The maximum atomic E-state index is 12.8. The number of aromatic nitrogens is 1. The lowest BCUT2D eigenvalue weighted by atomic mass is 9.90. The summed E-state index contributed by atoms with van der Waals surface area (Å²) >= 11 is 0. The number of likely N-dealkylation sites (tertiary alicyclic amines) is 1. The minimum atomic E-state index is 0.0458. The van der Waals surface area contributed by atoms with Gasteiger partial charge in [-0.2, -0.15) is 0 Å². The first-order valence-corrected chi connectivity index (χ1v) is 9.79. The minimum Gasteiger partial charge on any atom is -0.384 e. The van der Waals surface area contributed by atoms with E-state index in [-0.39, 0.29) is 5.91 Å². The molecule has 0 bridgehead atoms. The number of hydrogen-bond donors (Lipinski definition) is 1. The summed E-state index contributed by atoms with van der Waals surface area (Å²) in [6.45, 7) is 3.42.